The third-order valence-corrected chi connectivity index (χ3v) is 7.61. The number of alkyl halides is 3. The number of rotatable bonds is 4. The van der Waals surface area contributed by atoms with E-state index < -0.39 is 23.1 Å². The summed E-state index contributed by atoms with van der Waals surface area (Å²) < 4.78 is 62.9. The number of benzene rings is 2. The van der Waals surface area contributed by atoms with Crippen LogP contribution in [-0.4, -0.2) is 49.6 Å². The molecule has 2 aromatic rings. The molecule has 2 amide bonds. The SMILES string of the molecule is CO[C@@](C(=O)N1CCC2(CC1)CC(=O)NCC2c1c(C)cccc1F)(c1ccccc1)C(F)(F)F. The number of likely N-dealkylation sites (tertiary alicyclic amines) is 1. The van der Waals surface area contributed by atoms with Gasteiger partial charge < -0.3 is 15.0 Å². The van der Waals surface area contributed by atoms with Gasteiger partial charge in [-0.1, -0.05) is 42.5 Å². The zero-order valence-corrected chi connectivity index (χ0v) is 19.6. The number of carbonyl (C=O) groups excluding carboxylic acids is 2. The van der Waals surface area contributed by atoms with E-state index in [1.165, 1.54) is 30.3 Å². The van der Waals surface area contributed by atoms with Crippen molar-refractivity contribution < 1.29 is 31.9 Å². The van der Waals surface area contributed by atoms with E-state index in [2.05, 4.69) is 5.32 Å². The van der Waals surface area contributed by atoms with Gasteiger partial charge in [0.2, 0.25) is 5.91 Å². The third kappa shape index (κ3) is 4.20. The first-order chi connectivity index (χ1) is 16.6. The lowest BCUT2D eigenvalue weighted by Crippen LogP contribution is -2.60. The minimum atomic E-state index is -4.99. The molecule has 1 N–H and O–H groups in total. The summed E-state index contributed by atoms with van der Waals surface area (Å²) in [5.41, 5.74) is -2.82. The molecule has 2 saturated heterocycles. The summed E-state index contributed by atoms with van der Waals surface area (Å²) in [7, 11) is 0.881. The molecule has 0 radical (unpaired) electrons. The smallest absolute Gasteiger partial charge is 0.356 e. The van der Waals surface area contributed by atoms with Gasteiger partial charge in [0.15, 0.2) is 0 Å². The lowest BCUT2D eigenvalue weighted by Gasteiger charge is -2.50. The Kier molecular flexibility index (Phi) is 6.66. The lowest BCUT2D eigenvalue weighted by molar-refractivity contribution is -0.271. The number of ether oxygens (including phenoxy) is 1. The van der Waals surface area contributed by atoms with Crippen molar-refractivity contribution in [3.8, 4) is 0 Å². The van der Waals surface area contributed by atoms with Crippen molar-refractivity contribution in [3.05, 3.63) is 71.0 Å². The number of amides is 2. The fourth-order valence-corrected chi connectivity index (χ4v) is 5.74. The zero-order valence-electron chi connectivity index (χ0n) is 19.6. The molecule has 2 fully saturated rings. The van der Waals surface area contributed by atoms with Crippen LogP contribution in [0.25, 0.3) is 0 Å². The monoisotopic (exact) mass is 492 g/mol. The van der Waals surface area contributed by atoms with Crippen LogP contribution in [0.5, 0.6) is 0 Å². The minimum absolute atomic E-state index is 0.00410. The van der Waals surface area contributed by atoms with Crippen molar-refractivity contribution in [1.82, 2.24) is 10.2 Å². The van der Waals surface area contributed by atoms with Gasteiger partial charge in [-0.05, 0) is 42.4 Å². The largest absolute Gasteiger partial charge is 0.430 e. The number of halogens is 4. The maximum absolute atomic E-state index is 14.9. The molecule has 0 aromatic heterocycles. The van der Waals surface area contributed by atoms with Gasteiger partial charge in [0, 0.05) is 44.6 Å². The topological polar surface area (TPSA) is 58.6 Å². The Morgan fingerprint density at radius 3 is 2.31 bits per heavy atom. The van der Waals surface area contributed by atoms with Gasteiger partial charge in [-0.2, -0.15) is 13.2 Å². The number of nitrogens with zero attached hydrogens (tertiary/aromatic N) is 1. The van der Waals surface area contributed by atoms with E-state index in [-0.39, 0.29) is 62.1 Å². The van der Waals surface area contributed by atoms with Crippen LogP contribution in [0.2, 0.25) is 0 Å². The third-order valence-electron chi connectivity index (χ3n) is 7.61. The molecule has 2 heterocycles. The lowest BCUT2D eigenvalue weighted by atomic mass is 9.62. The molecule has 35 heavy (non-hydrogen) atoms. The zero-order chi connectivity index (χ0) is 25.4. The number of methoxy groups -OCH3 is 1. The van der Waals surface area contributed by atoms with Crippen LogP contribution < -0.4 is 5.32 Å². The summed E-state index contributed by atoms with van der Waals surface area (Å²) in [6, 6.07) is 11.7. The Morgan fingerprint density at radius 1 is 1.09 bits per heavy atom. The molecule has 0 saturated carbocycles. The Morgan fingerprint density at radius 2 is 1.74 bits per heavy atom. The van der Waals surface area contributed by atoms with Crippen LogP contribution in [0.1, 0.15) is 41.9 Å². The number of aryl methyl sites for hydroxylation is 1. The molecule has 1 unspecified atom stereocenters. The minimum Gasteiger partial charge on any atom is -0.356 e. The van der Waals surface area contributed by atoms with Crippen LogP contribution in [0.3, 0.4) is 0 Å². The summed E-state index contributed by atoms with van der Waals surface area (Å²) in [6.45, 7) is 2.05. The number of hydrogen-bond donors (Lipinski definition) is 1. The normalized spacial score (nSPS) is 21.9. The van der Waals surface area contributed by atoms with E-state index in [1.54, 1.807) is 25.1 Å². The average Bonchev–Trinajstić information content (AvgIpc) is 2.81. The average molecular weight is 493 g/mol. The highest BCUT2D eigenvalue weighted by Gasteiger charge is 2.64. The van der Waals surface area contributed by atoms with Crippen LogP contribution in [0, 0.1) is 18.2 Å². The molecule has 1 spiro atoms. The molecule has 2 atom stereocenters. The first-order valence-corrected chi connectivity index (χ1v) is 11.5. The number of hydrogen-bond acceptors (Lipinski definition) is 3. The van der Waals surface area contributed by atoms with Crippen LogP contribution >= 0.6 is 0 Å². The second kappa shape index (κ2) is 9.26. The fraction of sp³-hybridized carbons (Fsp3) is 0.462. The number of nitrogens with one attached hydrogen (secondary N) is 1. The molecular formula is C26H28F4N2O3. The molecule has 5 nitrogen and oxygen atoms in total. The fourth-order valence-electron chi connectivity index (χ4n) is 5.74. The van der Waals surface area contributed by atoms with Gasteiger partial charge in [0.1, 0.15) is 5.82 Å². The summed E-state index contributed by atoms with van der Waals surface area (Å²) in [6.07, 6.45) is -4.32. The van der Waals surface area contributed by atoms with Crippen molar-refractivity contribution in [2.75, 3.05) is 26.7 Å². The highest BCUT2D eigenvalue weighted by atomic mass is 19.4. The molecule has 0 aliphatic carbocycles. The molecule has 9 heteroatoms. The van der Waals surface area contributed by atoms with E-state index in [4.69, 9.17) is 4.74 Å². The quantitative estimate of drug-likeness (QED) is 0.642. The molecule has 0 bridgehead atoms. The van der Waals surface area contributed by atoms with Crippen LogP contribution in [0.15, 0.2) is 48.5 Å². The van der Waals surface area contributed by atoms with Crippen molar-refractivity contribution in [3.63, 3.8) is 0 Å². The highest BCUT2D eigenvalue weighted by molar-refractivity contribution is 5.88. The van der Waals surface area contributed by atoms with Gasteiger partial charge >= 0.3 is 6.18 Å². The predicted octanol–water partition coefficient (Wildman–Crippen LogP) is 4.45. The molecule has 2 aromatic carbocycles. The first kappa shape index (κ1) is 25.2. The summed E-state index contributed by atoms with van der Waals surface area (Å²) in [5, 5.41) is 2.81. The molecular weight excluding hydrogens is 464 g/mol. The first-order valence-electron chi connectivity index (χ1n) is 11.5. The Bertz CT molecular complexity index is 1080. The Hall–Kier alpha value is -2.94. The number of piperidine rings is 2. The van der Waals surface area contributed by atoms with E-state index in [0.717, 1.165) is 17.6 Å². The van der Waals surface area contributed by atoms with Gasteiger partial charge in [0.25, 0.3) is 11.5 Å². The van der Waals surface area contributed by atoms with E-state index in [0.29, 0.717) is 5.56 Å². The highest BCUT2D eigenvalue weighted by Crippen LogP contribution is 2.51. The Balaban J connectivity index is 1.65. The molecule has 2 aliphatic heterocycles. The molecule has 2 aliphatic rings. The van der Waals surface area contributed by atoms with Gasteiger partial charge in [-0.3, -0.25) is 9.59 Å². The van der Waals surface area contributed by atoms with Crippen molar-refractivity contribution >= 4 is 11.8 Å². The standard InChI is InChI=1S/C26H28F4N2O3/c1-17-7-6-10-20(27)22(17)19-16-31-21(33)15-24(19)11-13-32(14-12-24)23(34)25(35-2,26(28,29)30)18-8-4-3-5-9-18/h3-10,19H,11-16H2,1-2H3,(H,31,33)/t19?,25-/m1/s1. The van der Waals surface area contributed by atoms with E-state index >= 15 is 0 Å². The predicted molar refractivity (Wildman–Crippen MR) is 121 cm³/mol. The van der Waals surface area contributed by atoms with Crippen molar-refractivity contribution in [2.24, 2.45) is 5.41 Å². The Labute approximate surface area is 201 Å². The van der Waals surface area contributed by atoms with Gasteiger partial charge in [0.05, 0.1) is 0 Å². The summed E-state index contributed by atoms with van der Waals surface area (Å²) in [4.78, 5) is 27.0. The van der Waals surface area contributed by atoms with Crippen LogP contribution in [0.4, 0.5) is 17.6 Å². The van der Waals surface area contributed by atoms with Gasteiger partial charge in [-0.25, -0.2) is 4.39 Å². The number of carbonyl (C=O) groups is 2. The van der Waals surface area contributed by atoms with Crippen molar-refractivity contribution in [1.29, 1.82) is 0 Å². The van der Waals surface area contributed by atoms with Crippen molar-refractivity contribution in [2.45, 2.75) is 43.9 Å². The second-order valence-corrected chi connectivity index (χ2v) is 9.41. The van der Waals surface area contributed by atoms with E-state index in [1.807, 2.05) is 0 Å². The second-order valence-electron chi connectivity index (χ2n) is 9.41. The summed E-state index contributed by atoms with van der Waals surface area (Å²) >= 11 is 0. The molecule has 4 rings (SSSR count). The van der Waals surface area contributed by atoms with Gasteiger partial charge in [-0.15, -0.1) is 0 Å². The maximum atomic E-state index is 14.9. The summed E-state index contributed by atoms with van der Waals surface area (Å²) in [5.74, 6) is -2.08. The van der Waals surface area contributed by atoms with Crippen LogP contribution in [-0.2, 0) is 19.9 Å². The molecule has 188 valence electrons. The van der Waals surface area contributed by atoms with E-state index in [9.17, 15) is 27.2 Å². The maximum Gasteiger partial charge on any atom is 0.430 e.